The van der Waals surface area contributed by atoms with Crippen LogP contribution in [0.1, 0.15) is 70.9 Å². The summed E-state index contributed by atoms with van der Waals surface area (Å²) >= 11 is 6.01. The lowest BCUT2D eigenvalue weighted by molar-refractivity contribution is -0.132. The second-order valence-electron chi connectivity index (χ2n) is 22.2. The normalized spacial score (nSPS) is 18.2. The van der Waals surface area contributed by atoms with E-state index in [-0.39, 0.29) is 41.9 Å². The number of aromatic nitrogens is 4. The number of fused-ring (bicyclic) bond motifs is 10. The molecule has 0 radical (unpaired) electrons. The zero-order valence-electron chi connectivity index (χ0n) is 45.2. The van der Waals surface area contributed by atoms with Crippen molar-refractivity contribution in [1.29, 1.82) is 0 Å². The van der Waals surface area contributed by atoms with E-state index >= 15 is 0 Å². The maximum Gasteiger partial charge on any atom is 0.494 e. The number of carbonyl (C=O) groups is 4. The molecule has 13 rings (SSSR count). The first-order valence-corrected chi connectivity index (χ1v) is 27.4. The van der Waals surface area contributed by atoms with Gasteiger partial charge >= 0.3 is 7.12 Å². The number of H-pyrrole nitrogens is 2. The number of pyridine rings is 2. The molecule has 78 heavy (non-hydrogen) atoms. The molecule has 0 aliphatic carbocycles. The van der Waals surface area contributed by atoms with Crippen molar-refractivity contribution in [3.8, 4) is 11.3 Å². The van der Waals surface area contributed by atoms with Crippen molar-refractivity contribution in [3.05, 3.63) is 136 Å². The molecular weight excluding hydrogens is 1000 g/mol. The Morgan fingerprint density at radius 1 is 0.654 bits per heavy atom. The summed E-state index contributed by atoms with van der Waals surface area (Å²) in [4.78, 5) is 73.7. The maximum atomic E-state index is 12.7. The van der Waals surface area contributed by atoms with Crippen molar-refractivity contribution in [2.75, 3.05) is 79.5 Å². The number of amides is 4. The fraction of sp³-hybridized carbons (Fsp3) is 0.367. The molecule has 4 N–H and O–H groups in total. The van der Waals surface area contributed by atoms with Crippen LogP contribution < -0.4 is 16.1 Å². The molecule has 5 aliphatic rings. The van der Waals surface area contributed by atoms with Crippen LogP contribution in [0.5, 0.6) is 0 Å². The van der Waals surface area contributed by atoms with E-state index in [1.165, 1.54) is 0 Å². The first kappa shape index (κ1) is 52.9. The van der Waals surface area contributed by atoms with Gasteiger partial charge in [-0.1, -0.05) is 84.4 Å². The Morgan fingerprint density at radius 2 is 1.22 bits per heavy atom. The standard InChI is InChI=1S/C27H27N5O2.C19H29BN2O3.C14H10ClN3O/c1-31-10-12-32(13-11-31)24(33)14-17-2-4-18(5-3-17)23-15-21-19(16-29-23)6-7-20-25-22(30-26(20)21)8-9-28-27(25)34;1-18(2)19(3,4)25-20(24-18)16-8-6-15(7-9-16)14-17(23)22-12-10-21(5)11-13-22;15-11-5-9-7(6-17-11)1-2-8-12-10(18-13(8)9)3-4-16-14(12)19/h2-7,15-16,30H,8-14H2,1H3,(H,28,34);6-9H,10-14H2,1-5H3;1-2,5-6,17H,3-4H2,(H,16,19). The zero-order valence-corrected chi connectivity index (χ0v) is 46.0. The van der Waals surface area contributed by atoms with E-state index in [2.05, 4.69) is 88.2 Å². The van der Waals surface area contributed by atoms with Gasteiger partial charge in [0.1, 0.15) is 5.15 Å². The predicted molar refractivity (Wildman–Crippen MR) is 307 cm³/mol. The first-order chi connectivity index (χ1) is 37.5. The third-order valence-electron chi connectivity index (χ3n) is 16.4. The molecule has 4 aromatic carbocycles. The average Bonchev–Trinajstić information content (AvgIpc) is 4.27. The molecule has 9 heterocycles. The average molecular weight is 1070 g/mol. The summed E-state index contributed by atoms with van der Waals surface area (Å²) in [7, 11) is 3.83. The number of nitrogens with one attached hydrogen (secondary N) is 4. The molecule has 0 atom stereocenters. The molecule has 5 aliphatic heterocycles. The molecule has 4 amide bonds. The largest absolute Gasteiger partial charge is 0.494 e. The highest BCUT2D eigenvalue weighted by atomic mass is 35.5. The molecule has 0 bridgehead atoms. The number of hydrogen-bond acceptors (Lipinski definition) is 10. The van der Waals surface area contributed by atoms with Crippen molar-refractivity contribution in [2.24, 2.45) is 0 Å². The topological polar surface area (TPSA) is 181 Å². The molecule has 402 valence electrons. The van der Waals surface area contributed by atoms with Crippen LogP contribution in [-0.4, -0.2) is 161 Å². The molecule has 0 unspecified atom stereocenters. The van der Waals surface area contributed by atoms with Gasteiger partial charge in [-0.05, 0) is 70.5 Å². The van der Waals surface area contributed by atoms with Crippen molar-refractivity contribution < 1.29 is 28.5 Å². The second kappa shape index (κ2) is 21.6. The predicted octanol–water partition coefficient (Wildman–Crippen LogP) is 6.94. The number of likely N-dealkylation sites (N-methyl/N-ethyl adjacent to an activating group) is 2. The van der Waals surface area contributed by atoms with Crippen molar-refractivity contribution in [2.45, 2.75) is 64.6 Å². The minimum absolute atomic E-state index is 0.0113. The molecule has 8 aromatic rings. The van der Waals surface area contributed by atoms with Crippen molar-refractivity contribution >= 4 is 91.2 Å². The third kappa shape index (κ3) is 10.7. The molecule has 0 spiro atoms. The van der Waals surface area contributed by atoms with E-state index in [0.717, 1.165) is 153 Å². The Hall–Kier alpha value is -7.15. The molecule has 0 saturated carbocycles. The highest BCUT2D eigenvalue weighted by Gasteiger charge is 2.51. The van der Waals surface area contributed by atoms with Crippen LogP contribution in [0, 0.1) is 0 Å². The van der Waals surface area contributed by atoms with Gasteiger partial charge in [0, 0.05) is 134 Å². The fourth-order valence-corrected chi connectivity index (χ4v) is 11.0. The highest BCUT2D eigenvalue weighted by Crippen LogP contribution is 2.37. The Kier molecular flexibility index (Phi) is 14.6. The third-order valence-corrected chi connectivity index (χ3v) is 16.6. The Balaban J connectivity index is 0.000000130. The minimum Gasteiger partial charge on any atom is -0.399 e. The van der Waals surface area contributed by atoms with Crippen LogP contribution in [0.4, 0.5) is 0 Å². The van der Waals surface area contributed by atoms with Gasteiger partial charge in [-0.2, -0.15) is 0 Å². The van der Waals surface area contributed by atoms with Crippen LogP contribution in [0.15, 0.2) is 97.3 Å². The summed E-state index contributed by atoms with van der Waals surface area (Å²) in [6, 6.07) is 28.1. The van der Waals surface area contributed by atoms with Crippen LogP contribution >= 0.6 is 11.6 Å². The van der Waals surface area contributed by atoms with Gasteiger partial charge in [-0.15, -0.1) is 0 Å². The lowest BCUT2D eigenvalue weighted by Crippen LogP contribution is -2.47. The van der Waals surface area contributed by atoms with Crippen LogP contribution in [0.2, 0.25) is 5.15 Å². The Labute approximate surface area is 459 Å². The van der Waals surface area contributed by atoms with Crippen LogP contribution in [-0.2, 0) is 44.6 Å². The number of carbonyl (C=O) groups excluding carboxylic acids is 4. The lowest BCUT2D eigenvalue weighted by Gasteiger charge is -2.32. The lowest BCUT2D eigenvalue weighted by atomic mass is 9.79. The van der Waals surface area contributed by atoms with Gasteiger partial charge in [0.25, 0.3) is 11.8 Å². The fourth-order valence-electron chi connectivity index (χ4n) is 10.9. The monoisotopic (exact) mass is 1070 g/mol. The quantitative estimate of drug-likeness (QED) is 0.101. The van der Waals surface area contributed by atoms with E-state index < -0.39 is 0 Å². The number of hydrogen-bond donors (Lipinski definition) is 4. The minimum atomic E-state index is -0.354. The van der Waals surface area contributed by atoms with Crippen molar-refractivity contribution in [1.82, 2.24) is 50.2 Å². The molecule has 18 heteroatoms. The highest BCUT2D eigenvalue weighted by molar-refractivity contribution is 6.62. The van der Waals surface area contributed by atoms with Crippen LogP contribution in [0.3, 0.4) is 0 Å². The summed E-state index contributed by atoms with van der Waals surface area (Å²) in [6.07, 6.45) is 6.20. The van der Waals surface area contributed by atoms with Crippen molar-refractivity contribution in [3.63, 3.8) is 0 Å². The summed E-state index contributed by atoms with van der Waals surface area (Å²) < 4.78 is 12.1. The van der Waals surface area contributed by atoms with Crippen LogP contribution in [0.25, 0.3) is 54.6 Å². The number of halogens is 1. The number of benzene rings is 4. The molecule has 3 saturated heterocycles. The number of piperazine rings is 2. The SMILES string of the molecule is CN1CCN(C(=O)Cc2ccc(-c3cc4c(ccc5c6c([nH]c54)CCNC6=O)cn3)cc2)CC1.CN1CCN(C(=O)Cc2ccc(B3OC(C)(C)C(C)(C)O3)cc2)CC1.O=C1NCCc2nc3c(ccc4c[nH]c(Cl)cc43)c21. The Bertz CT molecular complexity index is 3580. The van der Waals surface area contributed by atoms with E-state index in [1.807, 2.05) is 101 Å². The van der Waals surface area contributed by atoms with E-state index in [0.29, 0.717) is 36.6 Å². The van der Waals surface area contributed by atoms with Gasteiger partial charge in [0.15, 0.2) is 0 Å². The molecule has 3 fully saturated rings. The van der Waals surface area contributed by atoms with Gasteiger partial charge in [0.05, 0.1) is 57.6 Å². The smallest absolute Gasteiger partial charge is 0.399 e. The second-order valence-corrected chi connectivity index (χ2v) is 22.6. The van der Waals surface area contributed by atoms with Gasteiger partial charge in [-0.25, -0.2) is 0 Å². The number of nitrogens with zero attached hydrogens (tertiary/aromatic N) is 6. The van der Waals surface area contributed by atoms with Gasteiger partial charge in [-0.3, -0.25) is 29.1 Å². The molecule has 4 aromatic heterocycles. The molecule has 16 nitrogen and oxygen atoms in total. The summed E-state index contributed by atoms with van der Waals surface area (Å²) in [5, 5.41) is 12.3. The van der Waals surface area contributed by atoms with Gasteiger partial charge in [0.2, 0.25) is 11.8 Å². The zero-order chi connectivity index (χ0) is 54.5. The van der Waals surface area contributed by atoms with E-state index in [9.17, 15) is 19.2 Å². The summed E-state index contributed by atoms with van der Waals surface area (Å²) in [6.45, 7) is 16.5. The number of aromatic amines is 2. The maximum absolute atomic E-state index is 12.7. The number of rotatable bonds is 6. The Morgan fingerprint density at radius 3 is 1.85 bits per heavy atom. The molecular formula is C60H66BClN10O6. The van der Waals surface area contributed by atoms with E-state index in [4.69, 9.17) is 20.9 Å². The summed E-state index contributed by atoms with van der Waals surface area (Å²) in [5.74, 6) is 0.350. The van der Waals surface area contributed by atoms with E-state index in [1.54, 1.807) is 0 Å². The summed E-state index contributed by atoms with van der Waals surface area (Å²) in [5.41, 5.74) is 9.43. The van der Waals surface area contributed by atoms with Gasteiger partial charge < -0.3 is 49.5 Å². The first-order valence-electron chi connectivity index (χ1n) is 27.0.